The van der Waals surface area contributed by atoms with Crippen molar-refractivity contribution in [3.05, 3.63) is 54.3 Å². The third-order valence-electron chi connectivity index (χ3n) is 2.82. The van der Waals surface area contributed by atoms with Crippen molar-refractivity contribution in [3.8, 4) is 17.2 Å². The Kier molecular flexibility index (Phi) is 2.76. The van der Waals surface area contributed by atoms with E-state index in [2.05, 4.69) is 0 Å². The fourth-order valence-electron chi connectivity index (χ4n) is 1.90. The van der Waals surface area contributed by atoms with Gasteiger partial charge in [-0.05, 0) is 30.3 Å². The Morgan fingerprint density at radius 3 is 2.53 bits per heavy atom. The van der Waals surface area contributed by atoms with Gasteiger partial charge in [0.2, 0.25) is 0 Å². The lowest BCUT2D eigenvalue weighted by atomic mass is 10.2. The first-order chi connectivity index (χ1) is 9.24. The van der Waals surface area contributed by atoms with Crippen LogP contribution in [0.1, 0.15) is 5.76 Å². The highest BCUT2D eigenvalue weighted by Crippen LogP contribution is 2.29. The van der Waals surface area contributed by atoms with Crippen LogP contribution in [-0.2, 0) is 6.61 Å². The lowest BCUT2D eigenvalue weighted by molar-refractivity contribution is 0.262. The molecule has 19 heavy (non-hydrogen) atoms. The molecule has 0 spiro atoms. The van der Waals surface area contributed by atoms with Gasteiger partial charge in [-0.3, -0.25) is 0 Å². The predicted molar refractivity (Wildman–Crippen MR) is 70.3 cm³/mol. The van der Waals surface area contributed by atoms with Crippen LogP contribution < -0.4 is 4.74 Å². The molecule has 96 valence electrons. The number of benzene rings is 2. The summed E-state index contributed by atoms with van der Waals surface area (Å²) in [6, 6.07) is 13.6. The lowest BCUT2D eigenvalue weighted by Crippen LogP contribution is -1.93. The van der Waals surface area contributed by atoms with Gasteiger partial charge in [0.25, 0.3) is 0 Å². The molecule has 0 aliphatic carbocycles. The fraction of sp³-hybridized carbons (Fsp3) is 0.0667. The summed E-state index contributed by atoms with van der Waals surface area (Å²) in [4.78, 5) is 0. The first-order valence-corrected chi connectivity index (χ1v) is 5.85. The highest BCUT2D eigenvalue weighted by atomic mass is 16.5. The van der Waals surface area contributed by atoms with Gasteiger partial charge in [-0.1, -0.05) is 18.2 Å². The van der Waals surface area contributed by atoms with E-state index in [-0.39, 0.29) is 18.1 Å². The van der Waals surface area contributed by atoms with E-state index in [1.54, 1.807) is 48.5 Å². The Labute approximate surface area is 109 Å². The number of hydrogen-bond acceptors (Lipinski definition) is 4. The minimum absolute atomic E-state index is 0.0847. The molecule has 0 fully saturated rings. The van der Waals surface area contributed by atoms with Gasteiger partial charge in [0.05, 0.1) is 5.39 Å². The van der Waals surface area contributed by atoms with E-state index in [1.165, 1.54) is 0 Å². The topological polar surface area (TPSA) is 62.8 Å². The molecule has 0 saturated carbocycles. The van der Waals surface area contributed by atoms with Crippen molar-refractivity contribution in [2.75, 3.05) is 0 Å². The Morgan fingerprint density at radius 2 is 1.74 bits per heavy atom. The summed E-state index contributed by atoms with van der Waals surface area (Å²) in [6.45, 7) is 0.186. The zero-order chi connectivity index (χ0) is 13.2. The van der Waals surface area contributed by atoms with Crippen LogP contribution >= 0.6 is 0 Å². The third-order valence-corrected chi connectivity index (χ3v) is 2.82. The van der Waals surface area contributed by atoms with E-state index in [9.17, 15) is 10.2 Å². The molecule has 2 aromatic carbocycles. The Bertz CT molecular complexity index is 715. The lowest BCUT2D eigenvalue weighted by Gasteiger charge is -2.05. The molecule has 2 N–H and O–H groups in total. The highest BCUT2D eigenvalue weighted by Gasteiger charge is 2.08. The number of para-hydroxylation sites is 2. The molecule has 0 radical (unpaired) electrons. The van der Waals surface area contributed by atoms with Crippen LogP contribution in [0.2, 0.25) is 0 Å². The maximum absolute atomic E-state index is 9.67. The molecule has 3 aromatic rings. The largest absolute Gasteiger partial charge is 0.507 e. The third kappa shape index (κ3) is 2.20. The maximum atomic E-state index is 9.67. The summed E-state index contributed by atoms with van der Waals surface area (Å²) in [5, 5.41) is 19.9. The molecule has 0 unspecified atom stereocenters. The normalized spacial score (nSPS) is 10.7. The quantitative estimate of drug-likeness (QED) is 0.753. The number of aromatic hydroxyl groups is 2. The van der Waals surface area contributed by atoms with Crippen molar-refractivity contribution < 1.29 is 19.4 Å². The van der Waals surface area contributed by atoms with Gasteiger partial charge < -0.3 is 19.4 Å². The number of ether oxygens (including phenoxy) is 1. The zero-order valence-electron chi connectivity index (χ0n) is 10.0. The van der Waals surface area contributed by atoms with Crippen molar-refractivity contribution in [2.45, 2.75) is 6.61 Å². The Balaban J connectivity index is 1.83. The number of hydrogen-bond donors (Lipinski definition) is 2. The molecule has 1 heterocycles. The summed E-state index contributed by atoms with van der Waals surface area (Å²) < 4.78 is 11.0. The van der Waals surface area contributed by atoms with E-state index in [0.29, 0.717) is 22.5 Å². The molecule has 0 aliphatic heterocycles. The van der Waals surface area contributed by atoms with Crippen LogP contribution in [0, 0.1) is 0 Å². The van der Waals surface area contributed by atoms with Gasteiger partial charge in [-0.15, -0.1) is 0 Å². The van der Waals surface area contributed by atoms with E-state index in [4.69, 9.17) is 9.15 Å². The Morgan fingerprint density at radius 1 is 0.947 bits per heavy atom. The van der Waals surface area contributed by atoms with E-state index in [0.717, 1.165) is 0 Å². The van der Waals surface area contributed by atoms with Gasteiger partial charge in [0.15, 0.2) is 11.5 Å². The average molecular weight is 256 g/mol. The van der Waals surface area contributed by atoms with Crippen molar-refractivity contribution in [2.24, 2.45) is 0 Å². The highest BCUT2D eigenvalue weighted by molar-refractivity contribution is 5.84. The summed E-state index contributed by atoms with van der Waals surface area (Å²) in [7, 11) is 0. The Hall–Kier alpha value is -2.62. The molecular formula is C15H12O4. The number of fused-ring (bicyclic) bond motifs is 1. The fourth-order valence-corrected chi connectivity index (χ4v) is 1.90. The molecule has 3 rings (SSSR count). The van der Waals surface area contributed by atoms with Gasteiger partial charge in [-0.25, -0.2) is 0 Å². The van der Waals surface area contributed by atoms with Crippen LogP contribution in [0.15, 0.2) is 52.9 Å². The molecule has 0 atom stereocenters. The van der Waals surface area contributed by atoms with Gasteiger partial charge in [-0.2, -0.15) is 0 Å². The van der Waals surface area contributed by atoms with Gasteiger partial charge >= 0.3 is 0 Å². The second-order valence-corrected chi connectivity index (χ2v) is 4.16. The van der Waals surface area contributed by atoms with Crippen molar-refractivity contribution >= 4 is 11.0 Å². The molecule has 4 nitrogen and oxygen atoms in total. The van der Waals surface area contributed by atoms with Gasteiger partial charge in [0.1, 0.15) is 23.7 Å². The predicted octanol–water partition coefficient (Wildman–Crippen LogP) is 3.42. The van der Waals surface area contributed by atoms with Crippen LogP contribution in [0.3, 0.4) is 0 Å². The van der Waals surface area contributed by atoms with Gasteiger partial charge in [0, 0.05) is 0 Å². The molecule has 0 amide bonds. The number of furan rings is 1. The molecule has 0 bridgehead atoms. The number of phenolic OH excluding ortho intramolecular Hbond substituents is 2. The van der Waals surface area contributed by atoms with Crippen molar-refractivity contribution in [1.29, 1.82) is 0 Å². The maximum Gasteiger partial charge on any atom is 0.161 e. The standard InChI is InChI=1S/C15H12O4/c16-12-5-3-7-14-11(12)8-10(19-14)9-18-15-6-2-1-4-13(15)17/h1-8,16-17H,9H2. The summed E-state index contributed by atoms with van der Waals surface area (Å²) in [5.74, 6) is 1.24. The van der Waals surface area contributed by atoms with E-state index < -0.39 is 0 Å². The molecule has 1 aromatic heterocycles. The zero-order valence-corrected chi connectivity index (χ0v) is 10.0. The minimum Gasteiger partial charge on any atom is -0.507 e. The van der Waals surface area contributed by atoms with Crippen molar-refractivity contribution in [3.63, 3.8) is 0 Å². The minimum atomic E-state index is 0.0847. The van der Waals surface area contributed by atoms with Crippen LogP contribution in [0.5, 0.6) is 17.2 Å². The second-order valence-electron chi connectivity index (χ2n) is 4.16. The van der Waals surface area contributed by atoms with Crippen LogP contribution in [-0.4, -0.2) is 10.2 Å². The monoisotopic (exact) mass is 256 g/mol. The first-order valence-electron chi connectivity index (χ1n) is 5.85. The number of rotatable bonds is 3. The van der Waals surface area contributed by atoms with Crippen LogP contribution in [0.4, 0.5) is 0 Å². The molecule has 0 aliphatic rings. The molecule has 4 heteroatoms. The first kappa shape index (κ1) is 11.5. The molecule has 0 saturated heterocycles. The average Bonchev–Trinajstić information content (AvgIpc) is 2.82. The molecular weight excluding hydrogens is 244 g/mol. The SMILES string of the molecule is Oc1ccccc1OCc1cc2c(O)cccc2o1. The van der Waals surface area contributed by atoms with E-state index >= 15 is 0 Å². The second kappa shape index (κ2) is 4.57. The smallest absolute Gasteiger partial charge is 0.161 e. The summed E-state index contributed by atoms with van der Waals surface area (Å²) in [6.07, 6.45) is 0. The van der Waals surface area contributed by atoms with Crippen LogP contribution in [0.25, 0.3) is 11.0 Å². The number of phenols is 2. The van der Waals surface area contributed by atoms with E-state index in [1.807, 2.05) is 0 Å². The summed E-state index contributed by atoms with van der Waals surface area (Å²) in [5.41, 5.74) is 0.607. The van der Waals surface area contributed by atoms with Crippen molar-refractivity contribution in [1.82, 2.24) is 0 Å². The summed E-state index contributed by atoms with van der Waals surface area (Å²) >= 11 is 0.